The maximum Gasteiger partial charge on any atom is 0.225 e. The van der Waals surface area contributed by atoms with Crippen LogP contribution in [0.3, 0.4) is 0 Å². The molecular weight excluding hydrogens is 307 g/mol. The highest BCUT2D eigenvalue weighted by atomic mass is 19.1. The Morgan fingerprint density at radius 1 is 0.958 bits per heavy atom. The second-order valence-electron chi connectivity index (χ2n) is 5.40. The monoisotopic (exact) mass is 326 g/mol. The van der Waals surface area contributed by atoms with Crippen LogP contribution in [0.25, 0.3) is 10.9 Å². The maximum absolute atomic E-state index is 13.0. The van der Waals surface area contributed by atoms with Gasteiger partial charge in [-0.05, 0) is 36.2 Å². The van der Waals surface area contributed by atoms with Crippen LogP contribution < -0.4 is 10.6 Å². The van der Waals surface area contributed by atoms with Crippen molar-refractivity contribution >= 4 is 22.7 Å². The number of aliphatic hydroxyl groups is 1. The highest BCUT2D eigenvalue weighted by Gasteiger charge is 2.07. The molecule has 0 aliphatic carbocycles. The van der Waals surface area contributed by atoms with E-state index in [-0.39, 0.29) is 12.4 Å². The molecule has 1 aromatic heterocycles. The smallest absolute Gasteiger partial charge is 0.225 e. The molecule has 0 fully saturated rings. The third-order valence-electron chi connectivity index (χ3n) is 3.59. The fourth-order valence-electron chi connectivity index (χ4n) is 2.36. The number of rotatable bonds is 7. The topological polar surface area (TPSA) is 70.1 Å². The Morgan fingerprint density at radius 2 is 1.75 bits per heavy atom. The van der Waals surface area contributed by atoms with E-state index in [1.807, 2.05) is 24.3 Å². The average Bonchev–Trinajstić information content (AvgIpc) is 2.61. The Balaban J connectivity index is 1.80. The first-order chi connectivity index (χ1) is 11.8. The molecule has 0 saturated heterocycles. The number of hydrogen-bond acceptors (Lipinski definition) is 5. The second-order valence-corrected chi connectivity index (χ2v) is 5.40. The quantitative estimate of drug-likeness (QED) is 0.582. The second kappa shape index (κ2) is 7.70. The molecule has 0 atom stereocenters. The SMILES string of the molecule is OCCCNc1nc(NCc2ccc(F)cc2)nc2ccccc12. The van der Waals surface area contributed by atoms with Gasteiger partial charge in [-0.15, -0.1) is 0 Å². The predicted octanol–water partition coefficient (Wildman–Crippen LogP) is 3.18. The van der Waals surface area contributed by atoms with Gasteiger partial charge in [-0.1, -0.05) is 24.3 Å². The summed E-state index contributed by atoms with van der Waals surface area (Å²) in [4.78, 5) is 9.03. The minimum Gasteiger partial charge on any atom is -0.396 e. The average molecular weight is 326 g/mol. The highest BCUT2D eigenvalue weighted by molar-refractivity contribution is 5.89. The van der Waals surface area contributed by atoms with Crippen molar-refractivity contribution in [2.24, 2.45) is 0 Å². The molecule has 0 spiro atoms. The van der Waals surface area contributed by atoms with Gasteiger partial charge in [-0.3, -0.25) is 0 Å². The zero-order chi connectivity index (χ0) is 16.8. The van der Waals surface area contributed by atoms with E-state index in [1.165, 1.54) is 12.1 Å². The number of nitrogens with one attached hydrogen (secondary N) is 2. The summed E-state index contributed by atoms with van der Waals surface area (Å²) in [7, 11) is 0. The molecule has 0 saturated carbocycles. The lowest BCUT2D eigenvalue weighted by Crippen LogP contribution is -2.09. The standard InChI is InChI=1S/C18H19FN4O/c19-14-8-6-13(7-9-14)12-21-18-22-16-5-2-1-4-15(16)17(23-18)20-10-3-11-24/h1-2,4-9,24H,3,10-12H2,(H2,20,21,22,23). The molecule has 0 aliphatic rings. The number of para-hydroxylation sites is 1. The van der Waals surface area contributed by atoms with E-state index in [2.05, 4.69) is 20.6 Å². The molecule has 1 heterocycles. The number of halogens is 1. The number of anilines is 2. The first kappa shape index (κ1) is 16.1. The largest absolute Gasteiger partial charge is 0.396 e. The van der Waals surface area contributed by atoms with E-state index >= 15 is 0 Å². The molecule has 0 unspecified atom stereocenters. The molecule has 3 aromatic rings. The zero-order valence-corrected chi connectivity index (χ0v) is 13.2. The van der Waals surface area contributed by atoms with Gasteiger partial charge in [0, 0.05) is 25.1 Å². The summed E-state index contributed by atoms with van der Waals surface area (Å²) >= 11 is 0. The Hall–Kier alpha value is -2.73. The molecule has 3 rings (SSSR count). The molecule has 24 heavy (non-hydrogen) atoms. The Labute approximate surface area is 139 Å². The minimum absolute atomic E-state index is 0.131. The van der Waals surface area contributed by atoms with Crippen LogP contribution in [-0.2, 0) is 6.54 Å². The lowest BCUT2D eigenvalue weighted by Gasteiger charge is -2.11. The first-order valence-corrected chi connectivity index (χ1v) is 7.86. The van der Waals surface area contributed by atoms with Gasteiger partial charge >= 0.3 is 0 Å². The normalized spacial score (nSPS) is 10.8. The number of benzene rings is 2. The Kier molecular flexibility index (Phi) is 5.18. The fraction of sp³-hybridized carbons (Fsp3) is 0.222. The van der Waals surface area contributed by atoms with E-state index in [1.54, 1.807) is 12.1 Å². The third kappa shape index (κ3) is 3.97. The maximum atomic E-state index is 13.0. The summed E-state index contributed by atoms with van der Waals surface area (Å²) in [5.74, 6) is 0.983. The van der Waals surface area contributed by atoms with Crippen molar-refractivity contribution in [3.8, 4) is 0 Å². The van der Waals surface area contributed by atoms with Gasteiger partial charge in [0.25, 0.3) is 0 Å². The minimum atomic E-state index is -0.254. The van der Waals surface area contributed by atoms with Gasteiger partial charge in [0.05, 0.1) is 5.52 Å². The van der Waals surface area contributed by atoms with Gasteiger partial charge in [0.15, 0.2) is 0 Å². The third-order valence-corrected chi connectivity index (χ3v) is 3.59. The van der Waals surface area contributed by atoms with Gasteiger partial charge < -0.3 is 15.7 Å². The summed E-state index contributed by atoms with van der Waals surface area (Å²) in [6, 6.07) is 14.1. The van der Waals surface area contributed by atoms with Crippen LogP contribution in [-0.4, -0.2) is 28.2 Å². The molecule has 0 amide bonds. The van der Waals surface area contributed by atoms with Crippen LogP contribution in [0.15, 0.2) is 48.5 Å². The van der Waals surface area contributed by atoms with Crippen molar-refractivity contribution < 1.29 is 9.50 Å². The Bertz CT molecular complexity index is 808. The van der Waals surface area contributed by atoms with Crippen molar-refractivity contribution in [1.29, 1.82) is 0 Å². The van der Waals surface area contributed by atoms with Crippen LogP contribution in [0, 0.1) is 5.82 Å². The van der Waals surface area contributed by atoms with Gasteiger partial charge in [0.2, 0.25) is 5.95 Å². The van der Waals surface area contributed by atoms with Crippen LogP contribution in [0.4, 0.5) is 16.2 Å². The molecule has 6 heteroatoms. The highest BCUT2D eigenvalue weighted by Crippen LogP contribution is 2.22. The molecular formula is C18H19FN4O. The summed E-state index contributed by atoms with van der Waals surface area (Å²) in [6.45, 7) is 1.27. The fourth-order valence-corrected chi connectivity index (χ4v) is 2.36. The lowest BCUT2D eigenvalue weighted by atomic mass is 10.2. The van der Waals surface area contributed by atoms with Crippen LogP contribution in [0.1, 0.15) is 12.0 Å². The number of aromatic nitrogens is 2. The molecule has 2 aromatic carbocycles. The van der Waals surface area contributed by atoms with E-state index < -0.39 is 0 Å². The molecule has 124 valence electrons. The molecule has 0 radical (unpaired) electrons. The van der Waals surface area contributed by atoms with Crippen LogP contribution in [0.5, 0.6) is 0 Å². The molecule has 0 aliphatic heterocycles. The van der Waals surface area contributed by atoms with Gasteiger partial charge in [-0.25, -0.2) is 9.37 Å². The van der Waals surface area contributed by atoms with E-state index in [9.17, 15) is 4.39 Å². The van der Waals surface area contributed by atoms with Crippen LogP contribution in [0.2, 0.25) is 0 Å². The lowest BCUT2D eigenvalue weighted by molar-refractivity contribution is 0.292. The van der Waals surface area contributed by atoms with Crippen molar-refractivity contribution in [2.75, 3.05) is 23.8 Å². The molecule has 5 nitrogen and oxygen atoms in total. The van der Waals surface area contributed by atoms with Crippen molar-refractivity contribution in [3.05, 3.63) is 59.9 Å². The van der Waals surface area contributed by atoms with Crippen molar-refractivity contribution in [3.63, 3.8) is 0 Å². The number of hydrogen-bond donors (Lipinski definition) is 3. The summed E-state index contributed by atoms with van der Waals surface area (Å²) in [5.41, 5.74) is 1.78. The summed E-state index contributed by atoms with van der Waals surface area (Å²) in [5, 5.41) is 16.3. The van der Waals surface area contributed by atoms with Crippen molar-refractivity contribution in [2.45, 2.75) is 13.0 Å². The number of fused-ring (bicyclic) bond motifs is 1. The summed E-state index contributed by atoms with van der Waals surface area (Å²) < 4.78 is 13.0. The van der Waals surface area contributed by atoms with Gasteiger partial charge in [0.1, 0.15) is 11.6 Å². The van der Waals surface area contributed by atoms with Crippen molar-refractivity contribution in [1.82, 2.24) is 9.97 Å². The van der Waals surface area contributed by atoms with Crippen LogP contribution >= 0.6 is 0 Å². The number of nitrogens with zero attached hydrogens (tertiary/aromatic N) is 2. The first-order valence-electron chi connectivity index (χ1n) is 7.86. The number of aliphatic hydroxyl groups excluding tert-OH is 1. The van der Waals surface area contributed by atoms with E-state index in [0.717, 1.165) is 22.3 Å². The van der Waals surface area contributed by atoms with Gasteiger partial charge in [-0.2, -0.15) is 4.98 Å². The summed E-state index contributed by atoms with van der Waals surface area (Å²) in [6.07, 6.45) is 0.649. The van der Waals surface area contributed by atoms with E-state index in [0.29, 0.717) is 25.5 Å². The molecule has 0 bridgehead atoms. The predicted molar refractivity (Wildman–Crippen MR) is 93.5 cm³/mol. The zero-order valence-electron chi connectivity index (χ0n) is 13.2. The Morgan fingerprint density at radius 3 is 2.54 bits per heavy atom. The van der Waals surface area contributed by atoms with E-state index in [4.69, 9.17) is 5.11 Å². The molecule has 3 N–H and O–H groups in total.